The largest absolute Gasteiger partial charge is 0.493 e. The van der Waals surface area contributed by atoms with Crippen molar-refractivity contribution in [3.05, 3.63) is 64.7 Å². The van der Waals surface area contributed by atoms with Gasteiger partial charge in [0.1, 0.15) is 12.3 Å². The highest BCUT2D eigenvalue weighted by molar-refractivity contribution is 6.30. The average molecular weight is 441 g/mol. The van der Waals surface area contributed by atoms with Crippen molar-refractivity contribution >= 4 is 23.5 Å². The predicted molar refractivity (Wildman–Crippen MR) is 124 cm³/mol. The van der Waals surface area contributed by atoms with Gasteiger partial charge in [0.05, 0.1) is 12.6 Å². The third-order valence-corrected chi connectivity index (χ3v) is 6.26. The number of nitrogens with one attached hydrogen (secondary N) is 2. The van der Waals surface area contributed by atoms with Crippen molar-refractivity contribution in [2.75, 3.05) is 33.8 Å². The number of likely N-dealkylation sites (N-methyl/N-ethyl adjacent to an activating group) is 1. The topological polar surface area (TPSA) is 66.0 Å². The third kappa shape index (κ3) is 5.13. The van der Waals surface area contributed by atoms with E-state index >= 15 is 0 Å². The number of halogens is 1. The van der Waals surface area contributed by atoms with Crippen LogP contribution in [0.15, 0.2) is 53.5 Å². The Labute approximate surface area is 188 Å². The second kappa shape index (κ2) is 9.18. The number of hydrogen-bond donors (Lipinski definition) is 2. The van der Waals surface area contributed by atoms with Crippen molar-refractivity contribution in [2.24, 2.45) is 4.99 Å². The molecule has 1 aliphatic heterocycles. The van der Waals surface area contributed by atoms with Gasteiger partial charge in [0.25, 0.3) is 0 Å². The normalized spacial score (nSPS) is 19.1. The summed E-state index contributed by atoms with van der Waals surface area (Å²) in [5.41, 5.74) is 2.41. The van der Waals surface area contributed by atoms with Crippen LogP contribution >= 0.6 is 11.6 Å². The average Bonchev–Trinajstić information content (AvgIpc) is 3.56. The van der Waals surface area contributed by atoms with Crippen LogP contribution in [0.1, 0.15) is 36.4 Å². The van der Waals surface area contributed by atoms with E-state index in [1.165, 1.54) is 5.56 Å². The molecule has 0 radical (unpaired) electrons. The van der Waals surface area contributed by atoms with Gasteiger partial charge in [-0.15, -0.1) is 0 Å². The molecule has 7 heteroatoms. The smallest absolute Gasteiger partial charge is 0.243 e. The number of hydrogen-bond acceptors (Lipinski definition) is 3. The van der Waals surface area contributed by atoms with Crippen LogP contribution in [-0.2, 0) is 10.2 Å². The van der Waals surface area contributed by atoms with Crippen molar-refractivity contribution in [3.63, 3.8) is 0 Å². The molecule has 1 atom stereocenters. The molecule has 1 fully saturated rings. The number of carbonyl (C=O) groups excluding carboxylic acids is 1. The zero-order valence-electron chi connectivity index (χ0n) is 18.0. The zero-order valence-corrected chi connectivity index (χ0v) is 18.8. The zero-order chi connectivity index (χ0) is 21.8. The minimum Gasteiger partial charge on any atom is -0.493 e. The molecule has 0 bridgehead atoms. The Balaban J connectivity index is 1.50. The number of benzene rings is 2. The molecule has 0 saturated heterocycles. The monoisotopic (exact) mass is 440 g/mol. The molecule has 0 spiro atoms. The van der Waals surface area contributed by atoms with E-state index in [1.807, 2.05) is 36.4 Å². The van der Waals surface area contributed by atoms with Gasteiger partial charge >= 0.3 is 0 Å². The molecule has 0 aromatic heterocycles. The van der Waals surface area contributed by atoms with Crippen molar-refractivity contribution in [3.8, 4) is 5.75 Å². The lowest BCUT2D eigenvalue weighted by Gasteiger charge is -2.29. The Morgan fingerprint density at radius 3 is 2.77 bits per heavy atom. The molecule has 4 rings (SSSR count). The number of nitrogens with zero attached hydrogens (tertiary/aromatic N) is 2. The summed E-state index contributed by atoms with van der Waals surface area (Å²) in [5.74, 6) is 1.50. The Kier molecular flexibility index (Phi) is 6.37. The highest BCUT2D eigenvalue weighted by Crippen LogP contribution is 2.48. The second-order valence-corrected chi connectivity index (χ2v) is 8.91. The van der Waals surface area contributed by atoms with Gasteiger partial charge in [-0.2, -0.15) is 0 Å². The van der Waals surface area contributed by atoms with E-state index in [0.717, 1.165) is 42.1 Å². The maximum absolute atomic E-state index is 12.1. The van der Waals surface area contributed by atoms with E-state index in [9.17, 15) is 4.79 Å². The Morgan fingerprint density at radius 1 is 1.23 bits per heavy atom. The van der Waals surface area contributed by atoms with Crippen LogP contribution in [0, 0.1) is 0 Å². The Hall–Kier alpha value is -2.73. The SMILES string of the molecule is CN(C)C(=O)CN=C(NCC1(c2cccc(Cl)c2)CC1)NC1CCOc2ccccc21. The fourth-order valence-electron chi connectivity index (χ4n) is 3.89. The number of rotatable bonds is 6. The molecule has 1 heterocycles. The van der Waals surface area contributed by atoms with Gasteiger partial charge in [0.2, 0.25) is 5.91 Å². The number of aliphatic imine (C=N–C) groups is 1. The standard InChI is InChI=1S/C24H29ClN4O2/c1-29(2)22(30)15-26-23(28-20-10-13-31-21-9-4-3-8-19(20)21)27-16-24(11-12-24)17-6-5-7-18(25)14-17/h3-9,14,20H,10-13,15-16H2,1-2H3,(H2,26,27,28). The first-order valence-corrected chi connectivity index (χ1v) is 11.1. The van der Waals surface area contributed by atoms with Crippen LogP contribution in [0.4, 0.5) is 0 Å². The van der Waals surface area contributed by atoms with Crippen LogP contribution in [0.2, 0.25) is 5.02 Å². The molecular formula is C24H29ClN4O2. The number of fused-ring (bicyclic) bond motifs is 1. The fraction of sp³-hybridized carbons (Fsp3) is 0.417. The molecule has 31 heavy (non-hydrogen) atoms. The van der Waals surface area contributed by atoms with Gasteiger partial charge < -0.3 is 20.3 Å². The van der Waals surface area contributed by atoms with Crippen LogP contribution in [-0.4, -0.2) is 50.6 Å². The van der Waals surface area contributed by atoms with Gasteiger partial charge in [-0.3, -0.25) is 4.79 Å². The maximum Gasteiger partial charge on any atom is 0.243 e. The molecule has 2 aromatic carbocycles. The summed E-state index contributed by atoms with van der Waals surface area (Å²) in [5, 5.41) is 7.78. The summed E-state index contributed by atoms with van der Waals surface area (Å²) in [7, 11) is 3.48. The van der Waals surface area contributed by atoms with Crippen molar-refractivity contribution < 1.29 is 9.53 Å². The highest BCUT2D eigenvalue weighted by atomic mass is 35.5. The number of ether oxygens (including phenoxy) is 1. The van der Waals surface area contributed by atoms with E-state index in [2.05, 4.69) is 27.8 Å². The lowest BCUT2D eigenvalue weighted by molar-refractivity contribution is -0.127. The van der Waals surface area contributed by atoms with Gasteiger partial charge in [-0.1, -0.05) is 41.9 Å². The minimum absolute atomic E-state index is 0.0375. The van der Waals surface area contributed by atoms with Crippen molar-refractivity contribution in [1.29, 1.82) is 0 Å². The summed E-state index contributed by atoms with van der Waals surface area (Å²) < 4.78 is 5.78. The third-order valence-electron chi connectivity index (χ3n) is 6.03. The number of para-hydroxylation sites is 1. The van der Waals surface area contributed by atoms with E-state index in [0.29, 0.717) is 12.6 Å². The molecule has 2 aliphatic rings. The fourth-order valence-corrected chi connectivity index (χ4v) is 4.08. The molecule has 2 N–H and O–H groups in total. The second-order valence-electron chi connectivity index (χ2n) is 8.47. The van der Waals surface area contributed by atoms with Crippen LogP contribution in [0.3, 0.4) is 0 Å². The molecule has 1 unspecified atom stereocenters. The quantitative estimate of drug-likeness (QED) is 0.532. The van der Waals surface area contributed by atoms with Gasteiger partial charge in [-0.05, 0) is 36.6 Å². The summed E-state index contributed by atoms with van der Waals surface area (Å²) in [6, 6.07) is 16.2. The van der Waals surface area contributed by atoms with Crippen molar-refractivity contribution in [1.82, 2.24) is 15.5 Å². The summed E-state index contributed by atoms with van der Waals surface area (Å²) in [6.07, 6.45) is 3.04. The lowest BCUT2D eigenvalue weighted by Crippen LogP contribution is -2.44. The minimum atomic E-state index is -0.0375. The van der Waals surface area contributed by atoms with E-state index in [-0.39, 0.29) is 23.9 Å². The van der Waals surface area contributed by atoms with E-state index in [1.54, 1.807) is 19.0 Å². The molecule has 1 amide bonds. The van der Waals surface area contributed by atoms with Crippen LogP contribution in [0.25, 0.3) is 0 Å². The predicted octanol–water partition coefficient (Wildman–Crippen LogP) is 3.52. The molecule has 164 valence electrons. The summed E-state index contributed by atoms with van der Waals surface area (Å²) in [4.78, 5) is 18.3. The highest BCUT2D eigenvalue weighted by Gasteiger charge is 2.44. The van der Waals surface area contributed by atoms with Gasteiger partial charge in [-0.25, -0.2) is 4.99 Å². The summed E-state index contributed by atoms with van der Waals surface area (Å²) >= 11 is 6.22. The van der Waals surface area contributed by atoms with E-state index in [4.69, 9.17) is 16.3 Å². The maximum atomic E-state index is 12.1. The number of amides is 1. The molecule has 2 aromatic rings. The Morgan fingerprint density at radius 2 is 2.03 bits per heavy atom. The van der Waals surface area contributed by atoms with Gasteiger partial charge in [0.15, 0.2) is 5.96 Å². The van der Waals surface area contributed by atoms with Gasteiger partial charge in [0, 0.05) is 43.1 Å². The number of carbonyl (C=O) groups is 1. The van der Waals surface area contributed by atoms with Crippen molar-refractivity contribution in [2.45, 2.75) is 30.7 Å². The Bertz CT molecular complexity index is 972. The summed E-state index contributed by atoms with van der Waals surface area (Å²) in [6.45, 7) is 1.47. The van der Waals surface area contributed by atoms with Crippen LogP contribution in [0.5, 0.6) is 5.75 Å². The first-order chi connectivity index (χ1) is 15.0. The molecular weight excluding hydrogens is 412 g/mol. The molecule has 1 saturated carbocycles. The molecule has 6 nitrogen and oxygen atoms in total. The first-order valence-electron chi connectivity index (χ1n) is 10.7. The lowest BCUT2D eigenvalue weighted by atomic mass is 9.96. The first kappa shape index (κ1) is 21.5. The molecule has 1 aliphatic carbocycles. The van der Waals surface area contributed by atoms with E-state index < -0.39 is 0 Å². The number of guanidine groups is 1. The van der Waals surface area contributed by atoms with Crippen LogP contribution < -0.4 is 15.4 Å².